The maximum Gasteiger partial charge on any atom is 0.134 e. The van der Waals surface area contributed by atoms with Crippen LogP contribution in [-0.2, 0) is 6.42 Å². The second kappa shape index (κ2) is 8.05. The molecular weight excluding hydrogens is 282 g/mol. The summed E-state index contributed by atoms with van der Waals surface area (Å²) in [5.74, 6) is 1.90. The number of benzene rings is 1. The molecule has 0 aliphatic carbocycles. The van der Waals surface area contributed by atoms with Crippen LogP contribution in [0.15, 0.2) is 35.7 Å². The molecule has 21 heavy (non-hydrogen) atoms. The van der Waals surface area contributed by atoms with Crippen molar-refractivity contribution < 1.29 is 9.47 Å². The largest absolute Gasteiger partial charge is 0.496 e. The van der Waals surface area contributed by atoms with Crippen molar-refractivity contribution in [2.75, 3.05) is 20.8 Å². The summed E-state index contributed by atoms with van der Waals surface area (Å²) in [6, 6.07) is 10.5. The van der Waals surface area contributed by atoms with E-state index in [2.05, 4.69) is 29.8 Å². The highest BCUT2D eigenvalue weighted by Crippen LogP contribution is 2.34. The topological polar surface area (TPSA) is 30.5 Å². The Morgan fingerprint density at radius 2 is 1.86 bits per heavy atom. The molecule has 3 nitrogen and oxygen atoms in total. The van der Waals surface area contributed by atoms with E-state index < -0.39 is 0 Å². The number of ether oxygens (including phenoxy) is 2. The van der Waals surface area contributed by atoms with Crippen LogP contribution in [-0.4, -0.2) is 20.8 Å². The number of rotatable bonds is 8. The summed E-state index contributed by atoms with van der Waals surface area (Å²) in [5.41, 5.74) is 1.21. The van der Waals surface area contributed by atoms with Gasteiger partial charge in [-0.3, -0.25) is 0 Å². The molecule has 0 amide bonds. The van der Waals surface area contributed by atoms with Gasteiger partial charge in [-0.1, -0.05) is 25.1 Å². The van der Waals surface area contributed by atoms with Gasteiger partial charge in [-0.2, -0.15) is 0 Å². The number of thiophene rings is 1. The quantitative estimate of drug-likeness (QED) is 0.798. The van der Waals surface area contributed by atoms with Crippen LogP contribution in [0.2, 0.25) is 0 Å². The Morgan fingerprint density at radius 1 is 1.10 bits per heavy atom. The van der Waals surface area contributed by atoms with E-state index >= 15 is 0 Å². The molecule has 0 aliphatic rings. The van der Waals surface area contributed by atoms with Crippen molar-refractivity contribution in [1.29, 1.82) is 0 Å². The number of hydrogen-bond acceptors (Lipinski definition) is 4. The van der Waals surface area contributed by atoms with Crippen LogP contribution in [0.1, 0.15) is 29.8 Å². The lowest BCUT2D eigenvalue weighted by molar-refractivity contribution is 0.395. The van der Waals surface area contributed by atoms with Gasteiger partial charge in [0, 0.05) is 6.04 Å². The smallest absolute Gasteiger partial charge is 0.134 e. The highest BCUT2D eigenvalue weighted by Gasteiger charge is 2.19. The molecule has 1 N–H and O–H groups in total. The first-order valence-corrected chi connectivity index (χ1v) is 8.14. The highest BCUT2D eigenvalue weighted by molar-refractivity contribution is 7.10. The van der Waals surface area contributed by atoms with Crippen LogP contribution < -0.4 is 14.8 Å². The molecule has 0 bridgehead atoms. The van der Waals surface area contributed by atoms with Crippen molar-refractivity contribution in [3.63, 3.8) is 0 Å². The van der Waals surface area contributed by atoms with E-state index in [9.17, 15) is 0 Å². The van der Waals surface area contributed by atoms with Crippen LogP contribution in [0.3, 0.4) is 0 Å². The molecule has 2 aromatic rings. The number of para-hydroxylation sites is 1. The van der Waals surface area contributed by atoms with Crippen LogP contribution >= 0.6 is 11.3 Å². The summed E-state index contributed by atoms with van der Waals surface area (Å²) in [6.45, 7) is 3.17. The predicted molar refractivity (Wildman–Crippen MR) is 88.6 cm³/mol. The summed E-state index contributed by atoms with van der Waals surface area (Å²) < 4.78 is 10.9. The molecular formula is C17H23NO2S. The number of nitrogens with one attached hydrogen (secondary N) is 1. The first-order valence-electron chi connectivity index (χ1n) is 7.26. The number of hydrogen-bond donors (Lipinski definition) is 1. The van der Waals surface area contributed by atoms with Crippen molar-refractivity contribution in [2.45, 2.75) is 25.8 Å². The van der Waals surface area contributed by atoms with Crippen molar-refractivity contribution in [1.82, 2.24) is 5.32 Å². The van der Waals surface area contributed by atoms with Crippen molar-refractivity contribution in [3.8, 4) is 11.5 Å². The molecule has 4 heteroatoms. The minimum absolute atomic E-state index is 0.246. The van der Waals surface area contributed by atoms with Crippen LogP contribution in [0, 0.1) is 0 Å². The molecule has 0 saturated carbocycles. The van der Waals surface area contributed by atoms with E-state index in [4.69, 9.17) is 9.47 Å². The summed E-state index contributed by atoms with van der Waals surface area (Å²) in [6.07, 6.45) is 2.00. The van der Waals surface area contributed by atoms with E-state index in [0.717, 1.165) is 30.9 Å². The third kappa shape index (κ3) is 3.99. The maximum atomic E-state index is 5.48. The van der Waals surface area contributed by atoms with Gasteiger partial charge >= 0.3 is 0 Å². The summed E-state index contributed by atoms with van der Waals surface area (Å²) in [5, 5.41) is 5.70. The molecule has 1 heterocycles. The summed E-state index contributed by atoms with van der Waals surface area (Å²) >= 11 is 1.74. The van der Waals surface area contributed by atoms with E-state index in [1.54, 1.807) is 25.6 Å². The molecule has 114 valence electrons. The molecule has 1 unspecified atom stereocenters. The van der Waals surface area contributed by atoms with Gasteiger partial charge < -0.3 is 14.8 Å². The Balaban J connectivity index is 2.24. The fraction of sp³-hybridized carbons (Fsp3) is 0.412. The fourth-order valence-corrected chi connectivity index (χ4v) is 3.34. The second-order valence-electron chi connectivity index (χ2n) is 4.88. The van der Waals surface area contributed by atoms with E-state index in [-0.39, 0.29) is 6.04 Å². The second-order valence-corrected chi connectivity index (χ2v) is 5.82. The summed E-state index contributed by atoms with van der Waals surface area (Å²) in [4.78, 5) is 1.25. The van der Waals surface area contributed by atoms with Gasteiger partial charge in [-0.15, -0.1) is 11.3 Å². The van der Waals surface area contributed by atoms with Gasteiger partial charge in [0.1, 0.15) is 11.5 Å². The minimum atomic E-state index is 0.246. The normalized spacial score (nSPS) is 12.1. The Bertz CT molecular complexity index is 553. The monoisotopic (exact) mass is 305 g/mol. The molecule has 2 rings (SSSR count). The highest BCUT2D eigenvalue weighted by atomic mass is 32.1. The van der Waals surface area contributed by atoms with Gasteiger partial charge in [0.05, 0.1) is 19.1 Å². The Morgan fingerprint density at radius 3 is 2.57 bits per heavy atom. The lowest BCUT2D eigenvalue weighted by Crippen LogP contribution is -2.23. The van der Waals surface area contributed by atoms with Gasteiger partial charge in [-0.25, -0.2) is 0 Å². The Labute approximate surface area is 130 Å². The average Bonchev–Trinajstić information content (AvgIpc) is 3.00. The predicted octanol–water partition coefficient (Wildman–Crippen LogP) is 4.05. The molecule has 0 saturated heterocycles. The van der Waals surface area contributed by atoms with E-state index in [1.165, 1.54) is 10.4 Å². The zero-order chi connectivity index (χ0) is 15.1. The molecule has 0 spiro atoms. The third-order valence-corrected chi connectivity index (χ3v) is 4.46. The van der Waals surface area contributed by atoms with E-state index in [1.807, 2.05) is 18.2 Å². The van der Waals surface area contributed by atoms with Crippen LogP contribution in [0.5, 0.6) is 11.5 Å². The SMILES string of the molecule is CCCNC(Cc1ccccc1OC)c1sccc1OC. The van der Waals surface area contributed by atoms with Crippen molar-refractivity contribution >= 4 is 11.3 Å². The van der Waals surface area contributed by atoms with Gasteiger partial charge in [-0.05, 0) is 42.5 Å². The molecule has 1 atom stereocenters. The molecule has 1 aromatic heterocycles. The Hall–Kier alpha value is -1.52. The lowest BCUT2D eigenvalue weighted by Gasteiger charge is -2.20. The third-order valence-electron chi connectivity index (χ3n) is 3.45. The summed E-state index contributed by atoms with van der Waals surface area (Å²) in [7, 11) is 3.45. The molecule has 0 fully saturated rings. The van der Waals surface area contributed by atoms with E-state index in [0.29, 0.717) is 0 Å². The minimum Gasteiger partial charge on any atom is -0.496 e. The van der Waals surface area contributed by atoms with Gasteiger partial charge in [0.15, 0.2) is 0 Å². The number of methoxy groups -OCH3 is 2. The van der Waals surface area contributed by atoms with Gasteiger partial charge in [0.25, 0.3) is 0 Å². The molecule has 0 radical (unpaired) electrons. The lowest BCUT2D eigenvalue weighted by atomic mass is 10.0. The maximum absolute atomic E-state index is 5.48. The zero-order valence-corrected chi connectivity index (χ0v) is 13.7. The van der Waals surface area contributed by atoms with Crippen molar-refractivity contribution in [2.24, 2.45) is 0 Å². The standard InChI is InChI=1S/C17H23NO2S/c1-4-10-18-14(17-16(20-3)9-11-21-17)12-13-7-5-6-8-15(13)19-2/h5-9,11,14,18H,4,10,12H2,1-3H3. The zero-order valence-electron chi connectivity index (χ0n) is 12.9. The fourth-order valence-electron chi connectivity index (χ4n) is 2.40. The molecule has 0 aliphatic heterocycles. The van der Waals surface area contributed by atoms with Crippen LogP contribution in [0.25, 0.3) is 0 Å². The van der Waals surface area contributed by atoms with Crippen molar-refractivity contribution in [3.05, 3.63) is 46.2 Å². The van der Waals surface area contributed by atoms with Gasteiger partial charge in [0.2, 0.25) is 0 Å². The Kier molecular flexibility index (Phi) is 6.08. The first-order chi connectivity index (χ1) is 10.3. The average molecular weight is 305 g/mol. The van der Waals surface area contributed by atoms with Crippen LogP contribution in [0.4, 0.5) is 0 Å². The molecule has 1 aromatic carbocycles. The first kappa shape index (κ1) is 15.9.